The molecule has 4 unspecified atom stereocenters. The Kier molecular flexibility index (Phi) is 10.9. The number of nitrogens with zero attached hydrogens (tertiary/aromatic N) is 1. The van der Waals surface area contributed by atoms with Crippen molar-refractivity contribution in [1.29, 1.82) is 0 Å². The molecule has 4 nitrogen and oxygen atoms in total. The fourth-order valence-corrected chi connectivity index (χ4v) is 11.6. The van der Waals surface area contributed by atoms with Crippen LogP contribution in [0.5, 0.6) is 0 Å². The van der Waals surface area contributed by atoms with Crippen LogP contribution in [0.1, 0.15) is 124 Å². The summed E-state index contributed by atoms with van der Waals surface area (Å²) in [5.74, 6) is 6.02. The molecule has 0 heterocycles. The number of amides is 1. The van der Waals surface area contributed by atoms with Gasteiger partial charge in [0.15, 0.2) is 0 Å². The Hall–Kier alpha value is -0.130. The highest BCUT2D eigenvalue weighted by atomic mass is 79.9. The first kappa shape index (κ1) is 32.8. The lowest BCUT2D eigenvalue weighted by molar-refractivity contribution is -0.893. The first-order valence-corrected chi connectivity index (χ1v) is 17.3. The van der Waals surface area contributed by atoms with Gasteiger partial charge >= 0.3 is 0 Å². The second kappa shape index (κ2) is 13.2. The van der Waals surface area contributed by atoms with Crippen LogP contribution < -0.4 is 22.3 Å². The van der Waals surface area contributed by atoms with Crippen LogP contribution in [-0.4, -0.2) is 55.3 Å². The van der Waals surface area contributed by atoms with Crippen LogP contribution in [0.25, 0.3) is 0 Å². The Morgan fingerprint density at radius 1 is 0.950 bits per heavy atom. The number of hydrogen-bond acceptors (Lipinski definition) is 2. The fourth-order valence-electron chi connectivity index (χ4n) is 11.6. The molecule has 5 heteroatoms. The number of rotatable bonds is 10. The molecule has 0 aromatic heterocycles. The third-order valence-corrected chi connectivity index (χ3v) is 13.7. The van der Waals surface area contributed by atoms with E-state index in [0.717, 1.165) is 78.8 Å². The van der Waals surface area contributed by atoms with E-state index < -0.39 is 0 Å². The maximum atomic E-state index is 12.8. The molecular weight excluding hydrogens is 560 g/mol. The zero-order valence-electron chi connectivity index (χ0n) is 26.7. The third kappa shape index (κ3) is 6.82. The summed E-state index contributed by atoms with van der Waals surface area (Å²) in [6.07, 6.45) is 20.1. The molecule has 1 amide bonds. The molecule has 0 saturated heterocycles. The number of carbonyl (C=O) groups excluding carboxylic acids is 1. The van der Waals surface area contributed by atoms with E-state index in [1.165, 1.54) is 77.2 Å². The van der Waals surface area contributed by atoms with Crippen molar-refractivity contribution in [2.75, 3.05) is 33.7 Å². The SMILES string of the molecule is C[C@H](CCC(=O)NCCC[N+](C)(C)CC1CCCC1)[C@H]1CCC2C3CCC4C[C@H](O)CC[C@]4(C)C3CC[C@@]21C.[Br-]. The van der Waals surface area contributed by atoms with Crippen LogP contribution in [0.15, 0.2) is 0 Å². The Balaban J connectivity index is 0.00000370. The maximum absolute atomic E-state index is 12.8. The quantitative estimate of drug-likeness (QED) is 0.283. The Morgan fingerprint density at radius 2 is 1.65 bits per heavy atom. The first-order chi connectivity index (χ1) is 18.5. The maximum Gasteiger partial charge on any atom is 0.220 e. The van der Waals surface area contributed by atoms with E-state index in [0.29, 0.717) is 23.2 Å². The number of aliphatic hydroxyl groups excluding tert-OH is 1. The monoisotopic (exact) mass is 622 g/mol. The van der Waals surface area contributed by atoms with Crippen LogP contribution in [0.3, 0.4) is 0 Å². The van der Waals surface area contributed by atoms with Crippen molar-refractivity contribution in [3.05, 3.63) is 0 Å². The summed E-state index contributed by atoms with van der Waals surface area (Å²) in [6.45, 7) is 11.0. The number of hydrogen-bond donors (Lipinski definition) is 2. The Bertz CT molecular complexity index is 843. The van der Waals surface area contributed by atoms with E-state index in [2.05, 4.69) is 40.2 Å². The van der Waals surface area contributed by atoms with Crippen LogP contribution in [0.2, 0.25) is 0 Å². The van der Waals surface area contributed by atoms with Gasteiger partial charge in [-0.05, 0) is 123 Å². The molecule has 40 heavy (non-hydrogen) atoms. The second-order valence-electron chi connectivity index (χ2n) is 16.5. The van der Waals surface area contributed by atoms with Gasteiger partial charge in [0.1, 0.15) is 0 Å². The van der Waals surface area contributed by atoms with Crippen molar-refractivity contribution in [2.45, 2.75) is 130 Å². The average Bonchev–Trinajstić information content (AvgIpc) is 3.52. The van der Waals surface area contributed by atoms with Gasteiger partial charge in [-0.15, -0.1) is 0 Å². The first-order valence-electron chi connectivity index (χ1n) is 17.3. The summed E-state index contributed by atoms with van der Waals surface area (Å²) in [5.41, 5.74) is 0.938. The highest BCUT2D eigenvalue weighted by Crippen LogP contribution is 2.68. The largest absolute Gasteiger partial charge is 1.00 e. The minimum absolute atomic E-state index is 0. The molecule has 5 aliphatic carbocycles. The molecule has 5 fully saturated rings. The molecule has 9 atom stereocenters. The van der Waals surface area contributed by atoms with E-state index in [4.69, 9.17) is 0 Å². The lowest BCUT2D eigenvalue weighted by atomic mass is 9.44. The van der Waals surface area contributed by atoms with Crippen molar-refractivity contribution >= 4 is 5.91 Å². The highest BCUT2D eigenvalue weighted by Gasteiger charge is 2.60. The molecule has 232 valence electrons. The van der Waals surface area contributed by atoms with Crippen molar-refractivity contribution in [2.24, 2.45) is 52.3 Å². The molecule has 5 saturated carbocycles. The highest BCUT2D eigenvalue weighted by molar-refractivity contribution is 5.75. The van der Waals surface area contributed by atoms with Crippen molar-refractivity contribution in [3.63, 3.8) is 0 Å². The summed E-state index contributed by atoms with van der Waals surface area (Å²) < 4.78 is 1.10. The van der Waals surface area contributed by atoms with E-state index in [1.54, 1.807) is 0 Å². The summed E-state index contributed by atoms with van der Waals surface area (Å²) in [5, 5.41) is 13.6. The molecular formula is C35H63BrN2O2. The molecule has 5 aliphatic rings. The van der Waals surface area contributed by atoms with Crippen LogP contribution in [0.4, 0.5) is 0 Å². The smallest absolute Gasteiger partial charge is 0.220 e. The number of carbonyl (C=O) groups is 1. The van der Waals surface area contributed by atoms with Gasteiger partial charge < -0.3 is 31.9 Å². The Labute approximate surface area is 257 Å². The third-order valence-electron chi connectivity index (χ3n) is 13.7. The predicted molar refractivity (Wildman–Crippen MR) is 161 cm³/mol. The second-order valence-corrected chi connectivity index (χ2v) is 16.5. The molecule has 0 aromatic carbocycles. The van der Waals surface area contributed by atoms with E-state index >= 15 is 0 Å². The predicted octanol–water partition coefficient (Wildman–Crippen LogP) is 4.20. The van der Waals surface area contributed by atoms with Crippen LogP contribution in [-0.2, 0) is 4.79 Å². The standard InChI is InChI=1S/C35H62N2O2.BrH/c1-25(11-16-33(39)36-21-8-22-37(4,5)24-26-9-6-7-10-26)30-14-15-31-29-13-12-27-23-28(38)17-19-34(27,2)32(29)18-20-35(30,31)3;/h25-32,38H,6-24H2,1-5H3;1H/t25-,27?,28-,29?,30-,31?,32?,34+,35-;/m1./s1. The Morgan fingerprint density at radius 3 is 2.40 bits per heavy atom. The lowest BCUT2D eigenvalue weighted by Crippen LogP contribution is -3.00. The van der Waals surface area contributed by atoms with Crippen molar-refractivity contribution < 1.29 is 31.4 Å². The van der Waals surface area contributed by atoms with Crippen LogP contribution >= 0.6 is 0 Å². The van der Waals surface area contributed by atoms with Gasteiger partial charge in [0.05, 0.1) is 33.3 Å². The van der Waals surface area contributed by atoms with Crippen LogP contribution in [0, 0.1) is 52.3 Å². The van der Waals surface area contributed by atoms with Gasteiger partial charge in [-0.1, -0.05) is 33.6 Å². The zero-order valence-corrected chi connectivity index (χ0v) is 28.3. The van der Waals surface area contributed by atoms with Crippen molar-refractivity contribution in [3.8, 4) is 0 Å². The van der Waals surface area contributed by atoms with Gasteiger partial charge in [-0.2, -0.15) is 0 Å². The van der Waals surface area contributed by atoms with Gasteiger partial charge in [0.2, 0.25) is 5.91 Å². The summed E-state index contributed by atoms with van der Waals surface area (Å²) >= 11 is 0. The zero-order chi connectivity index (χ0) is 27.8. The molecule has 0 aliphatic heterocycles. The molecule has 0 radical (unpaired) electrons. The van der Waals surface area contributed by atoms with E-state index in [1.807, 2.05) is 0 Å². The van der Waals surface area contributed by atoms with E-state index in [9.17, 15) is 9.90 Å². The number of fused-ring (bicyclic) bond motifs is 5. The van der Waals surface area contributed by atoms with Gasteiger partial charge in [0, 0.05) is 25.3 Å². The molecule has 0 aromatic rings. The van der Waals surface area contributed by atoms with Gasteiger partial charge in [-0.25, -0.2) is 0 Å². The lowest BCUT2D eigenvalue weighted by Gasteiger charge is -2.61. The average molecular weight is 624 g/mol. The normalized spacial score (nSPS) is 40.5. The molecule has 0 bridgehead atoms. The molecule has 5 rings (SSSR count). The van der Waals surface area contributed by atoms with Gasteiger partial charge in [0.25, 0.3) is 0 Å². The van der Waals surface area contributed by atoms with Crippen molar-refractivity contribution in [1.82, 2.24) is 5.32 Å². The number of nitrogens with one attached hydrogen (secondary N) is 1. The number of quaternary nitrogens is 1. The molecule has 0 spiro atoms. The fraction of sp³-hybridized carbons (Fsp3) is 0.971. The van der Waals surface area contributed by atoms with Gasteiger partial charge in [-0.3, -0.25) is 4.79 Å². The number of aliphatic hydroxyl groups is 1. The summed E-state index contributed by atoms with van der Waals surface area (Å²) in [7, 11) is 4.74. The minimum atomic E-state index is -0.0463. The minimum Gasteiger partial charge on any atom is -1.00 e. The molecule has 2 N–H and O–H groups in total. The summed E-state index contributed by atoms with van der Waals surface area (Å²) in [4.78, 5) is 12.8. The topological polar surface area (TPSA) is 49.3 Å². The number of halogens is 1. The summed E-state index contributed by atoms with van der Waals surface area (Å²) in [6, 6.07) is 0. The van der Waals surface area contributed by atoms with E-state index in [-0.39, 0.29) is 29.0 Å².